The van der Waals surface area contributed by atoms with Gasteiger partial charge in [0.2, 0.25) is 11.7 Å². The molecule has 140 valence electrons. The first-order chi connectivity index (χ1) is 13.7. The largest absolute Gasteiger partial charge is 0.497 e. The minimum Gasteiger partial charge on any atom is -0.497 e. The lowest BCUT2D eigenvalue weighted by atomic mass is 10.1. The van der Waals surface area contributed by atoms with Crippen molar-refractivity contribution in [2.75, 3.05) is 7.11 Å². The number of nitrogens with zero attached hydrogens (tertiary/aromatic N) is 3. The van der Waals surface area contributed by atoms with Gasteiger partial charge in [0.25, 0.3) is 5.56 Å². The Hall–Kier alpha value is -3.39. The molecule has 0 spiro atoms. The van der Waals surface area contributed by atoms with Crippen LogP contribution in [0.5, 0.6) is 5.75 Å². The first kappa shape index (κ1) is 18.0. The highest BCUT2D eigenvalue weighted by Gasteiger charge is 2.11. The Kier molecular flexibility index (Phi) is 5.20. The smallest absolute Gasteiger partial charge is 0.252 e. The van der Waals surface area contributed by atoms with Crippen LogP contribution in [0, 0.1) is 0 Å². The molecular weight excluding hydrogens is 376 g/mol. The van der Waals surface area contributed by atoms with Gasteiger partial charge in [-0.05, 0) is 24.3 Å². The summed E-state index contributed by atoms with van der Waals surface area (Å²) < 4.78 is 10.5. The van der Waals surface area contributed by atoms with Crippen LogP contribution in [0.3, 0.4) is 0 Å². The minimum absolute atomic E-state index is 0.223. The highest BCUT2D eigenvalue weighted by Crippen LogP contribution is 2.24. The average Bonchev–Trinajstić information content (AvgIpc) is 3.22. The Balaban J connectivity index is 1.50. The molecule has 0 aliphatic carbocycles. The van der Waals surface area contributed by atoms with E-state index in [1.807, 2.05) is 54.6 Å². The van der Waals surface area contributed by atoms with Gasteiger partial charge in [0.05, 0.1) is 18.6 Å². The predicted octanol–water partition coefficient (Wildman–Crippen LogP) is 3.79. The first-order valence-corrected chi connectivity index (χ1v) is 9.46. The fraction of sp³-hybridized carbons (Fsp3) is 0.100. The van der Waals surface area contributed by atoms with Gasteiger partial charge in [0, 0.05) is 17.2 Å². The van der Waals surface area contributed by atoms with E-state index in [1.54, 1.807) is 7.11 Å². The number of thioether (sulfide) groups is 1. The van der Waals surface area contributed by atoms with Crippen molar-refractivity contribution in [3.05, 3.63) is 76.9 Å². The second-order valence-electron chi connectivity index (χ2n) is 5.83. The molecule has 0 saturated carbocycles. The Bertz CT molecular complexity index is 1120. The van der Waals surface area contributed by atoms with Crippen molar-refractivity contribution in [1.82, 2.24) is 20.1 Å². The number of benzene rings is 2. The van der Waals surface area contributed by atoms with E-state index < -0.39 is 0 Å². The molecule has 28 heavy (non-hydrogen) atoms. The molecule has 0 bridgehead atoms. The highest BCUT2D eigenvalue weighted by molar-refractivity contribution is 7.98. The summed E-state index contributed by atoms with van der Waals surface area (Å²) in [7, 11) is 1.61. The van der Waals surface area contributed by atoms with Gasteiger partial charge in [-0.25, -0.2) is 4.98 Å². The summed E-state index contributed by atoms with van der Waals surface area (Å²) in [5, 5.41) is 4.48. The second-order valence-corrected chi connectivity index (χ2v) is 6.79. The topological polar surface area (TPSA) is 93.9 Å². The molecule has 0 radical (unpaired) electrons. The lowest BCUT2D eigenvalue weighted by Gasteiger charge is -2.04. The molecule has 2 heterocycles. The van der Waals surface area contributed by atoms with Crippen LogP contribution in [0.4, 0.5) is 0 Å². The maximum Gasteiger partial charge on any atom is 0.252 e. The van der Waals surface area contributed by atoms with Gasteiger partial charge in [0.1, 0.15) is 5.75 Å². The van der Waals surface area contributed by atoms with Crippen LogP contribution in [0.25, 0.3) is 22.6 Å². The molecule has 0 amide bonds. The molecule has 4 rings (SSSR count). The van der Waals surface area contributed by atoms with Crippen LogP contribution in [0.2, 0.25) is 0 Å². The number of H-pyrrole nitrogens is 1. The molecule has 0 saturated heterocycles. The van der Waals surface area contributed by atoms with Gasteiger partial charge in [-0.2, -0.15) is 4.98 Å². The molecule has 2 aromatic heterocycles. The van der Waals surface area contributed by atoms with Crippen LogP contribution in [0.15, 0.2) is 75.1 Å². The number of nitrogens with one attached hydrogen (secondary N) is 1. The second kappa shape index (κ2) is 8.10. The van der Waals surface area contributed by atoms with Gasteiger partial charge in [0.15, 0.2) is 5.16 Å². The maximum absolute atomic E-state index is 12.0. The first-order valence-electron chi connectivity index (χ1n) is 8.48. The maximum atomic E-state index is 12.0. The summed E-state index contributed by atoms with van der Waals surface area (Å²) >= 11 is 1.33. The van der Waals surface area contributed by atoms with E-state index in [9.17, 15) is 4.79 Å². The molecule has 0 aliphatic heterocycles. The Labute approximate surface area is 164 Å². The summed E-state index contributed by atoms with van der Waals surface area (Å²) in [4.78, 5) is 23.7. The average molecular weight is 392 g/mol. The Morgan fingerprint density at radius 3 is 2.57 bits per heavy atom. The molecule has 0 fully saturated rings. The number of hydrogen-bond acceptors (Lipinski definition) is 7. The number of ether oxygens (including phenoxy) is 1. The summed E-state index contributed by atoms with van der Waals surface area (Å²) in [5.41, 5.74) is 2.08. The summed E-state index contributed by atoms with van der Waals surface area (Å²) in [5.74, 6) is 2.13. The number of aromatic amines is 1. The van der Waals surface area contributed by atoms with Gasteiger partial charge in [-0.1, -0.05) is 47.3 Å². The van der Waals surface area contributed by atoms with E-state index in [0.29, 0.717) is 28.3 Å². The van der Waals surface area contributed by atoms with Gasteiger partial charge in [-0.3, -0.25) is 4.79 Å². The van der Waals surface area contributed by atoms with Crippen molar-refractivity contribution in [3.8, 4) is 28.4 Å². The Morgan fingerprint density at radius 1 is 1.04 bits per heavy atom. The normalized spacial score (nSPS) is 10.8. The van der Waals surface area contributed by atoms with Crippen molar-refractivity contribution in [2.24, 2.45) is 0 Å². The molecule has 2 aromatic carbocycles. The molecule has 1 N–H and O–H groups in total. The van der Waals surface area contributed by atoms with Crippen LogP contribution < -0.4 is 10.3 Å². The third kappa shape index (κ3) is 4.12. The number of rotatable bonds is 6. The zero-order valence-corrected chi connectivity index (χ0v) is 15.8. The SMILES string of the molecule is COc1ccc(-c2cc(=O)[nH]c(SCc3nc(-c4ccccc4)no3)n2)cc1. The monoisotopic (exact) mass is 392 g/mol. The molecule has 8 heteroatoms. The molecule has 0 atom stereocenters. The molecule has 0 unspecified atom stereocenters. The third-order valence-electron chi connectivity index (χ3n) is 3.94. The van der Waals surface area contributed by atoms with E-state index in [1.165, 1.54) is 17.8 Å². The summed E-state index contributed by atoms with van der Waals surface area (Å²) in [6, 6.07) is 18.4. The summed E-state index contributed by atoms with van der Waals surface area (Å²) in [6.07, 6.45) is 0. The van der Waals surface area contributed by atoms with Crippen LogP contribution in [0.1, 0.15) is 5.89 Å². The molecule has 7 nitrogen and oxygen atoms in total. The van der Waals surface area contributed by atoms with E-state index >= 15 is 0 Å². The zero-order valence-electron chi connectivity index (χ0n) is 15.0. The van der Waals surface area contributed by atoms with Crippen molar-refractivity contribution >= 4 is 11.8 Å². The summed E-state index contributed by atoms with van der Waals surface area (Å²) in [6.45, 7) is 0. The van der Waals surface area contributed by atoms with Crippen molar-refractivity contribution < 1.29 is 9.26 Å². The Morgan fingerprint density at radius 2 is 1.82 bits per heavy atom. The third-order valence-corrected chi connectivity index (χ3v) is 4.80. The predicted molar refractivity (Wildman–Crippen MR) is 106 cm³/mol. The van der Waals surface area contributed by atoms with E-state index in [2.05, 4.69) is 20.1 Å². The standard InChI is InChI=1S/C20H16N4O3S/c1-26-15-9-7-13(8-10-15)16-11-17(25)22-20(21-16)28-12-18-23-19(24-27-18)14-5-3-2-4-6-14/h2-11H,12H2,1H3,(H,21,22,25). The van der Waals surface area contributed by atoms with Gasteiger partial charge >= 0.3 is 0 Å². The fourth-order valence-electron chi connectivity index (χ4n) is 2.56. The zero-order chi connectivity index (χ0) is 19.3. The minimum atomic E-state index is -0.223. The molecule has 0 aliphatic rings. The quantitative estimate of drug-likeness (QED) is 0.394. The fourth-order valence-corrected chi connectivity index (χ4v) is 3.27. The van der Waals surface area contributed by atoms with Crippen molar-refractivity contribution in [3.63, 3.8) is 0 Å². The number of methoxy groups -OCH3 is 1. The lowest BCUT2D eigenvalue weighted by Crippen LogP contribution is -2.08. The van der Waals surface area contributed by atoms with Crippen LogP contribution in [-0.4, -0.2) is 27.2 Å². The van der Waals surface area contributed by atoms with Crippen LogP contribution >= 0.6 is 11.8 Å². The number of aromatic nitrogens is 4. The van der Waals surface area contributed by atoms with E-state index in [0.717, 1.165) is 16.9 Å². The lowest BCUT2D eigenvalue weighted by molar-refractivity contribution is 0.391. The van der Waals surface area contributed by atoms with E-state index in [-0.39, 0.29) is 5.56 Å². The van der Waals surface area contributed by atoms with Crippen LogP contribution in [-0.2, 0) is 5.75 Å². The van der Waals surface area contributed by atoms with Gasteiger partial charge in [-0.15, -0.1) is 0 Å². The number of hydrogen-bond donors (Lipinski definition) is 1. The van der Waals surface area contributed by atoms with Crippen molar-refractivity contribution in [1.29, 1.82) is 0 Å². The van der Waals surface area contributed by atoms with E-state index in [4.69, 9.17) is 9.26 Å². The van der Waals surface area contributed by atoms with Gasteiger partial charge < -0.3 is 14.2 Å². The van der Waals surface area contributed by atoms with Crippen molar-refractivity contribution in [2.45, 2.75) is 10.9 Å². The highest BCUT2D eigenvalue weighted by atomic mass is 32.2. The molecular formula is C20H16N4O3S. The molecule has 4 aromatic rings.